The van der Waals surface area contributed by atoms with Gasteiger partial charge in [0, 0.05) is 13.6 Å². The maximum Gasteiger partial charge on any atom is 0.142 e. The van der Waals surface area contributed by atoms with Gasteiger partial charge in [0.15, 0.2) is 0 Å². The number of nitrogens with one attached hydrogen (secondary N) is 1. The lowest BCUT2D eigenvalue weighted by atomic mass is 10.1. The van der Waals surface area contributed by atoms with E-state index in [1.165, 1.54) is 11.1 Å². The van der Waals surface area contributed by atoms with Crippen molar-refractivity contribution in [2.24, 2.45) is 7.05 Å². The fraction of sp³-hybridized carbons (Fsp3) is 0.333. The number of aromatic nitrogens is 2. The predicted molar refractivity (Wildman–Crippen MR) is 75.8 cm³/mol. The lowest BCUT2D eigenvalue weighted by Gasteiger charge is -2.07. The second kappa shape index (κ2) is 5.57. The van der Waals surface area contributed by atoms with Crippen molar-refractivity contribution in [3.63, 3.8) is 0 Å². The molecule has 0 spiro atoms. The summed E-state index contributed by atoms with van der Waals surface area (Å²) in [5.41, 5.74) is 3.90. The molecule has 0 aliphatic rings. The molecule has 0 aliphatic carbocycles. The Morgan fingerprint density at radius 1 is 1.26 bits per heavy atom. The van der Waals surface area contributed by atoms with Crippen molar-refractivity contribution in [3.05, 3.63) is 46.6 Å². The third kappa shape index (κ3) is 2.76. The quantitative estimate of drug-likeness (QED) is 0.912. The van der Waals surface area contributed by atoms with Crippen LogP contribution in [0.2, 0.25) is 0 Å². The highest BCUT2D eigenvalue weighted by atomic mass is 15.3. The summed E-state index contributed by atoms with van der Waals surface area (Å²) in [4.78, 5) is 0. The highest BCUT2D eigenvalue weighted by Crippen LogP contribution is 2.18. The molecule has 4 nitrogen and oxygen atoms in total. The first-order chi connectivity index (χ1) is 9.15. The normalized spacial score (nSPS) is 10.2. The molecule has 0 atom stereocenters. The van der Waals surface area contributed by atoms with Crippen LogP contribution in [0.5, 0.6) is 0 Å². The van der Waals surface area contributed by atoms with Gasteiger partial charge in [0.2, 0.25) is 0 Å². The van der Waals surface area contributed by atoms with Crippen LogP contribution in [-0.4, -0.2) is 9.78 Å². The number of nitriles is 1. The van der Waals surface area contributed by atoms with Crippen LogP contribution < -0.4 is 5.32 Å². The minimum atomic E-state index is 0.618. The SMILES string of the molecule is CCc1ccc(CNc2c(C#N)c(C)nn2C)cc1. The summed E-state index contributed by atoms with van der Waals surface area (Å²) in [5, 5.41) is 16.7. The Morgan fingerprint density at radius 3 is 2.47 bits per heavy atom. The van der Waals surface area contributed by atoms with E-state index in [2.05, 4.69) is 47.7 Å². The van der Waals surface area contributed by atoms with Crippen molar-refractivity contribution in [2.45, 2.75) is 26.8 Å². The molecule has 0 saturated heterocycles. The van der Waals surface area contributed by atoms with Crippen molar-refractivity contribution in [3.8, 4) is 6.07 Å². The fourth-order valence-electron chi connectivity index (χ4n) is 2.07. The van der Waals surface area contributed by atoms with Gasteiger partial charge in [-0.1, -0.05) is 31.2 Å². The average molecular weight is 254 g/mol. The Kier molecular flexibility index (Phi) is 3.86. The Bertz CT molecular complexity index is 602. The zero-order valence-corrected chi connectivity index (χ0v) is 11.6. The van der Waals surface area contributed by atoms with Crippen LogP contribution in [0.3, 0.4) is 0 Å². The molecule has 0 bridgehead atoms. The molecule has 0 unspecified atom stereocenters. The van der Waals surface area contributed by atoms with Crippen molar-refractivity contribution >= 4 is 5.82 Å². The first-order valence-electron chi connectivity index (χ1n) is 6.41. The number of aryl methyl sites for hydroxylation is 3. The van der Waals surface area contributed by atoms with Gasteiger partial charge in [-0.25, -0.2) is 0 Å². The van der Waals surface area contributed by atoms with Crippen LogP contribution in [0, 0.1) is 18.3 Å². The summed E-state index contributed by atoms with van der Waals surface area (Å²) >= 11 is 0. The minimum Gasteiger partial charge on any atom is -0.365 e. The fourth-order valence-corrected chi connectivity index (χ4v) is 2.07. The van der Waals surface area contributed by atoms with Crippen LogP contribution in [0.15, 0.2) is 24.3 Å². The second-order valence-corrected chi connectivity index (χ2v) is 4.57. The Hall–Kier alpha value is -2.28. The maximum atomic E-state index is 9.13. The molecule has 1 aromatic carbocycles. The second-order valence-electron chi connectivity index (χ2n) is 4.57. The van der Waals surface area contributed by atoms with Gasteiger partial charge in [-0.2, -0.15) is 10.4 Å². The molecular weight excluding hydrogens is 236 g/mol. The standard InChI is InChI=1S/C15H18N4/c1-4-12-5-7-13(8-6-12)10-17-15-14(9-16)11(2)18-19(15)3/h5-8,17H,4,10H2,1-3H3. The van der Waals surface area contributed by atoms with Gasteiger partial charge in [-0.05, 0) is 24.5 Å². The first-order valence-corrected chi connectivity index (χ1v) is 6.41. The molecule has 0 amide bonds. The molecule has 1 aromatic heterocycles. The van der Waals surface area contributed by atoms with Crippen molar-refractivity contribution in [1.82, 2.24) is 9.78 Å². The van der Waals surface area contributed by atoms with E-state index < -0.39 is 0 Å². The summed E-state index contributed by atoms with van der Waals surface area (Å²) in [5.74, 6) is 0.777. The molecule has 0 saturated carbocycles. The van der Waals surface area contributed by atoms with Gasteiger partial charge in [-0.15, -0.1) is 0 Å². The molecule has 2 aromatic rings. The van der Waals surface area contributed by atoms with Crippen molar-refractivity contribution < 1.29 is 0 Å². The van der Waals surface area contributed by atoms with E-state index in [4.69, 9.17) is 5.26 Å². The van der Waals surface area contributed by atoms with Gasteiger partial charge in [-0.3, -0.25) is 4.68 Å². The third-order valence-corrected chi connectivity index (χ3v) is 3.23. The molecule has 1 heterocycles. The maximum absolute atomic E-state index is 9.13. The molecule has 0 radical (unpaired) electrons. The lowest BCUT2D eigenvalue weighted by molar-refractivity contribution is 0.758. The third-order valence-electron chi connectivity index (χ3n) is 3.23. The predicted octanol–water partition coefficient (Wildman–Crippen LogP) is 2.77. The van der Waals surface area contributed by atoms with E-state index in [1.54, 1.807) is 4.68 Å². The minimum absolute atomic E-state index is 0.618. The molecule has 0 aliphatic heterocycles. The largest absolute Gasteiger partial charge is 0.365 e. The van der Waals surface area contributed by atoms with Gasteiger partial charge < -0.3 is 5.32 Å². The molecule has 19 heavy (non-hydrogen) atoms. The molecular formula is C15H18N4. The zero-order valence-electron chi connectivity index (χ0n) is 11.6. The van der Waals surface area contributed by atoms with Crippen LogP contribution in [0.4, 0.5) is 5.82 Å². The Labute approximate surface area is 113 Å². The topological polar surface area (TPSA) is 53.6 Å². The summed E-state index contributed by atoms with van der Waals surface area (Å²) in [6.45, 7) is 4.68. The van der Waals surface area contributed by atoms with Gasteiger partial charge in [0.1, 0.15) is 17.5 Å². The number of hydrogen-bond acceptors (Lipinski definition) is 3. The van der Waals surface area contributed by atoms with E-state index in [1.807, 2.05) is 14.0 Å². The first kappa shape index (κ1) is 13.2. The van der Waals surface area contributed by atoms with Gasteiger partial charge in [0.05, 0.1) is 5.69 Å². The highest BCUT2D eigenvalue weighted by molar-refractivity contribution is 5.55. The number of rotatable bonds is 4. The average Bonchev–Trinajstić information content (AvgIpc) is 2.70. The lowest BCUT2D eigenvalue weighted by Crippen LogP contribution is -2.05. The number of hydrogen-bond donors (Lipinski definition) is 1. The van der Waals surface area contributed by atoms with E-state index in [0.717, 1.165) is 17.9 Å². The van der Waals surface area contributed by atoms with Crippen LogP contribution in [0.25, 0.3) is 0 Å². The summed E-state index contributed by atoms with van der Waals surface area (Å²) in [6, 6.07) is 10.7. The van der Waals surface area contributed by atoms with E-state index in [0.29, 0.717) is 12.1 Å². The molecule has 0 fully saturated rings. The summed E-state index contributed by atoms with van der Waals surface area (Å²) in [6.07, 6.45) is 1.05. The summed E-state index contributed by atoms with van der Waals surface area (Å²) in [7, 11) is 1.84. The number of benzene rings is 1. The van der Waals surface area contributed by atoms with Crippen LogP contribution >= 0.6 is 0 Å². The molecule has 2 rings (SSSR count). The van der Waals surface area contributed by atoms with E-state index in [-0.39, 0.29) is 0 Å². The molecule has 1 N–H and O–H groups in total. The zero-order chi connectivity index (χ0) is 13.8. The monoisotopic (exact) mass is 254 g/mol. The summed E-state index contributed by atoms with van der Waals surface area (Å²) < 4.78 is 1.72. The van der Waals surface area contributed by atoms with Crippen molar-refractivity contribution in [2.75, 3.05) is 5.32 Å². The van der Waals surface area contributed by atoms with Gasteiger partial charge >= 0.3 is 0 Å². The van der Waals surface area contributed by atoms with E-state index in [9.17, 15) is 0 Å². The number of nitrogens with zero attached hydrogens (tertiary/aromatic N) is 3. The van der Waals surface area contributed by atoms with Gasteiger partial charge in [0.25, 0.3) is 0 Å². The van der Waals surface area contributed by atoms with Crippen molar-refractivity contribution in [1.29, 1.82) is 5.26 Å². The van der Waals surface area contributed by atoms with Crippen LogP contribution in [-0.2, 0) is 20.0 Å². The molecule has 4 heteroatoms. The van der Waals surface area contributed by atoms with E-state index >= 15 is 0 Å². The Balaban J connectivity index is 2.12. The highest BCUT2D eigenvalue weighted by Gasteiger charge is 2.11. The Morgan fingerprint density at radius 2 is 1.89 bits per heavy atom. The smallest absolute Gasteiger partial charge is 0.142 e. The van der Waals surface area contributed by atoms with Crippen LogP contribution in [0.1, 0.15) is 29.3 Å². The molecule has 98 valence electrons. The number of anilines is 1.